The Kier molecular flexibility index (Phi) is 4.13. The van der Waals surface area contributed by atoms with Crippen molar-refractivity contribution in [1.29, 1.82) is 0 Å². The fourth-order valence-corrected chi connectivity index (χ4v) is 2.47. The summed E-state index contributed by atoms with van der Waals surface area (Å²) in [6.07, 6.45) is 2.81. The molecule has 3 rings (SSSR count). The number of esters is 1. The molecule has 2 aromatic rings. The number of nitrogens with one attached hydrogen (secondary N) is 1. The molecule has 22 heavy (non-hydrogen) atoms. The smallest absolute Gasteiger partial charge is 0.309 e. The van der Waals surface area contributed by atoms with Crippen molar-refractivity contribution in [3.8, 4) is 0 Å². The first-order chi connectivity index (χ1) is 10.6. The standard InChI is InChI=1S/C17H19NO4/c1-11(15-9-13-5-2-3-8-14(13)22-15)18-16(19)10-21-17(20)12-6-4-7-12/h2-3,5,8-9,11-12H,4,6-7,10H2,1H3,(H,18,19)/t11-/m1/s1. The van der Waals surface area contributed by atoms with Gasteiger partial charge in [0.2, 0.25) is 0 Å². The first kappa shape index (κ1) is 14.6. The van der Waals surface area contributed by atoms with Gasteiger partial charge in [0, 0.05) is 5.39 Å². The minimum absolute atomic E-state index is 0.0133. The molecule has 1 saturated carbocycles. The normalized spacial score (nSPS) is 16.0. The van der Waals surface area contributed by atoms with Gasteiger partial charge in [0.15, 0.2) is 6.61 Å². The Bertz CT molecular complexity index is 654. The van der Waals surface area contributed by atoms with Crippen LogP contribution in [0.15, 0.2) is 34.7 Å². The van der Waals surface area contributed by atoms with E-state index in [1.54, 1.807) is 0 Å². The molecule has 0 bridgehead atoms. The first-order valence-electron chi connectivity index (χ1n) is 7.58. The van der Waals surface area contributed by atoms with Crippen LogP contribution in [0.5, 0.6) is 0 Å². The molecule has 0 saturated heterocycles. The Labute approximate surface area is 128 Å². The van der Waals surface area contributed by atoms with Gasteiger partial charge in [-0.25, -0.2) is 0 Å². The molecule has 1 heterocycles. The van der Waals surface area contributed by atoms with Gasteiger partial charge < -0.3 is 14.5 Å². The van der Waals surface area contributed by atoms with Crippen LogP contribution in [0, 0.1) is 5.92 Å². The second kappa shape index (κ2) is 6.22. The molecule has 5 heteroatoms. The number of carbonyl (C=O) groups is 2. The molecule has 1 aliphatic rings. The summed E-state index contributed by atoms with van der Waals surface area (Å²) in [6.45, 7) is 1.60. The van der Waals surface area contributed by atoms with Crippen molar-refractivity contribution in [3.05, 3.63) is 36.1 Å². The molecule has 5 nitrogen and oxygen atoms in total. The van der Waals surface area contributed by atoms with E-state index in [2.05, 4.69) is 5.32 Å². The van der Waals surface area contributed by atoms with Crippen LogP contribution in [-0.2, 0) is 14.3 Å². The van der Waals surface area contributed by atoms with Gasteiger partial charge in [-0.1, -0.05) is 24.6 Å². The Morgan fingerprint density at radius 3 is 2.82 bits per heavy atom. The fraction of sp³-hybridized carbons (Fsp3) is 0.412. The molecule has 1 aliphatic carbocycles. The van der Waals surface area contributed by atoms with Crippen LogP contribution in [0.25, 0.3) is 11.0 Å². The van der Waals surface area contributed by atoms with Crippen LogP contribution in [0.2, 0.25) is 0 Å². The van der Waals surface area contributed by atoms with Gasteiger partial charge >= 0.3 is 5.97 Å². The predicted molar refractivity (Wildman–Crippen MR) is 81.1 cm³/mol. The van der Waals surface area contributed by atoms with Crippen molar-refractivity contribution in [1.82, 2.24) is 5.32 Å². The average molecular weight is 301 g/mol. The molecule has 0 aliphatic heterocycles. The van der Waals surface area contributed by atoms with E-state index in [1.807, 2.05) is 37.3 Å². The summed E-state index contributed by atoms with van der Waals surface area (Å²) in [7, 11) is 0. The van der Waals surface area contributed by atoms with Crippen molar-refractivity contribution in [3.63, 3.8) is 0 Å². The summed E-state index contributed by atoms with van der Waals surface area (Å²) in [5.41, 5.74) is 0.787. The highest BCUT2D eigenvalue weighted by Crippen LogP contribution is 2.27. The van der Waals surface area contributed by atoms with Gasteiger partial charge in [-0.3, -0.25) is 9.59 Å². The van der Waals surface area contributed by atoms with E-state index in [1.165, 1.54) is 0 Å². The summed E-state index contributed by atoms with van der Waals surface area (Å²) in [5, 5.41) is 3.77. The summed E-state index contributed by atoms with van der Waals surface area (Å²) < 4.78 is 10.7. The summed E-state index contributed by atoms with van der Waals surface area (Å²) in [6, 6.07) is 9.30. The number of carbonyl (C=O) groups excluding carboxylic acids is 2. The van der Waals surface area contributed by atoms with Crippen LogP contribution < -0.4 is 5.32 Å². The van der Waals surface area contributed by atoms with Crippen LogP contribution in [0.3, 0.4) is 0 Å². The number of rotatable bonds is 5. The lowest BCUT2D eigenvalue weighted by molar-refractivity contribution is -0.155. The number of hydrogen-bond acceptors (Lipinski definition) is 4. The molecular weight excluding hydrogens is 282 g/mol. The number of para-hydroxylation sites is 1. The molecular formula is C17H19NO4. The summed E-state index contributed by atoms with van der Waals surface area (Å²) in [4.78, 5) is 23.4. The topological polar surface area (TPSA) is 68.5 Å². The molecule has 1 aromatic carbocycles. The number of furan rings is 1. The number of ether oxygens (including phenoxy) is 1. The van der Waals surface area contributed by atoms with Crippen molar-refractivity contribution in [2.45, 2.75) is 32.2 Å². The largest absolute Gasteiger partial charge is 0.459 e. The van der Waals surface area contributed by atoms with Crippen LogP contribution in [-0.4, -0.2) is 18.5 Å². The SMILES string of the molecule is C[C@@H](NC(=O)COC(=O)C1CCC1)c1cc2ccccc2o1. The van der Waals surface area contributed by atoms with Crippen molar-refractivity contribution in [2.24, 2.45) is 5.92 Å². The third-order valence-electron chi connectivity index (χ3n) is 4.03. The molecule has 1 fully saturated rings. The quantitative estimate of drug-likeness (QED) is 0.862. The maximum Gasteiger partial charge on any atom is 0.309 e. The Hall–Kier alpha value is -2.30. The lowest BCUT2D eigenvalue weighted by Crippen LogP contribution is -2.33. The predicted octanol–water partition coefficient (Wildman–Crippen LogP) is 2.95. The van der Waals surface area contributed by atoms with Crippen LogP contribution in [0.4, 0.5) is 0 Å². The highest BCUT2D eigenvalue weighted by atomic mass is 16.5. The zero-order valence-corrected chi connectivity index (χ0v) is 12.5. The lowest BCUT2D eigenvalue weighted by atomic mass is 9.86. The van der Waals surface area contributed by atoms with Gasteiger partial charge in [0.25, 0.3) is 5.91 Å². The monoisotopic (exact) mass is 301 g/mol. The van der Waals surface area contributed by atoms with Gasteiger partial charge in [0.1, 0.15) is 11.3 Å². The number of fused-ring (bicyclic) bond motifs is 1. The van der Waals surface area contributed by atoms with Crippen LogP contribution >= 0.6 is 0 Å². The van der Waals surface area contributed by atoms with Crippen molar-refractivity contribution < 1.29 is 18.7 Å². The van der Waals surface area contributed by atoms with Gasteiger partial charge in [-0.15, -0.1) is 0 Å². The third-order valence-corrected chi connectivity index (χ3v) is 4.03. The second-order valence-corrected chi connectivity index (χ2v) is 5.71. The summed E-state index contributed by atoms with van der Waals surface area (Å²) in [5.74, 6) is 0.0823. The van der Waals surface area contributed by atoms with Crippen LogP contribution in [0.1, 0.15) is 38.0 Å². The molecule has 116 valence electrons. The zero-order chi connectivity index (χ0) is 15.5. The molecule has 1 aromatic heterocycles. The van der Waals surface area contributed by atoms with Gasteiger partial charge in [-0.2, -0.15) is 0 Å². The molecule has 1 atom stereocenters. The molecule has 0 radical (unpaired) electrons. The highest BCUT2D eigenvalue weighted by Gasteiger charge is 2.27. The van der Waals surface area contributed by atoms with E-state index in [0.717, 1.165) is 30.2 Å². The van der Waals surface area contributed by atoms with E-state index in [0.29, 0.717) is 5.76 Å². The lowest BCUT2D eigenvalue weighted by Gasteiger charge is -2.23. The zero-order valence-electron chi connectivity index (χ0n) is 12.5. The van der Waals surface area contributed by atoms with E-state index in [9.17, 15) is 9.59 Å². The van der Waals surface area contributed by atoms with E-state index < -0.39 is 0 Å². The van der Waals surface area contributed by atoms with Crippen molar-refractivity contribution in [2.75, 3.05) is 6.61 Å². The molecule has 1 N–H and O–H groups in total. The number of hydrogen-bond donors (Lipinski definition) is 1. The Morgan fingerprint density at radius 2 is 2.14 bits per heavy atom. The minimum atomic E-state index is -0.319. The molecule has 1 amide bonds. The van der Waals surface area contributed by atoms with E-state index in [4.69, 9.17) is 9.15 Å². The first-order valence-corrected chi connectivity index (χ1v) is 7.58. The van der Waals surface area contributed by atoms with Crippen molar-refractivity contribution >= 4 is 22.8 Å². The Morgan fingerprint density at radius 1 is 1.36 bits per heavy atom. The average Bonchev–Trinajstić information content (AvgIpc) is 2.87. The van der Waals surface area contributed by atoms with E-state index in [-0.39, 0.29) is 30.4 Å². The second-order valence-electron chi connectivity index (χ2n) is 5.71. The Balaban J connectivity index is 1.52. The maximum absolute atomic E-state index is 11.8. The number of amides is 1. The highest BCUT2D eigenvalue weighted by molar-refractivity contribution is 5.82. The fourth-order valence-electron chi connectivity index (χ4n) is 2.47. The molecule has 0 unspecified atom stereocenters. The van der Waals surface area contributed by atoms with Gasteiger partial charge in [-0.05, 0) is 31.9 Å². The minimum Gasteiger partial charge on any atom is -0.459 e. The molecule has 0 spiro atoms. The van der Waals surface area contributed by atoms with Gasteiger partial charge in [0.05, 0.1) is 12.0 Å². The maximum atomic E-state index is 11.8. The number of benzene rings is 1. The third kappa shape index (κ3) is 3.13. The summed E-state index contributed by atoms with van der Waals surface area (Å²) >= 11 is 0. The van der Waals surface area contributed by atoms with E-state index >= 15 is 0 Å².